The van der Waals surface area contributed by atoms with Crippen LogP contribution < -0.4 is 10.1 Å². The Kier molecular flexibility index (Phi) is 6.52. The first-order valence-electron chi connectivity index (χ1n) is 8.31. The van der Waals surface area contributed by atoms with Gasteiger partial charge in [-0.05, 0) is 43.0 Å². The molecular weight excluding hydrogens is 260 g/mol. The van der Waals surface area contributed by atoms with Gasteiger partial charge >= 0.3 is 0 Å². The molecule has 1 N–H and O–H groups in total. The molecule has 0 radical (unpaired) electrons. The Hall–Kier alpha value is -1.06. The lowest BCUT2D eigenvalue weighted by molar-refractivity contribution is 0.153. The molecule has 1 aromatic carbocycles. The summed E-state index contributed by atoms with van der Waals surface area (Å²) in [6.45, 7) is 11.9. The fourth-order valence-corrected chi connectivity index (χ4v) is 2.81. The third-order valence-corrected chi connectivity index (χ3v) is 4.06. The molecule has 0 saturated carbocycles. The van der Waals surface area contributed by atoms with Crippen LogP contribution in [0.1, 0.15) is 39.2 Å². The maximum Gasteiger partial charge on any atom is 0.119 e. The topological polar surface area (TPSA) is 24.5 Å². The van der Waals surface area contributed by atoms with Crippen LogP contribution in [-0.2, 0) is 6.54 Å². The summed E-state index contributed by atoms with van der Waals surface area (Å²) in [6.07, 6.45) is 2.71. The molecule has 0 aliphatic carbocycles. The van der Waals surface area contributed by atoms with Gasteiger partial charge in [0.15, 0.2) is 0 Å². The zero-order valence-corrected chi connectivity index (χ0v) is 13.8. The van der Waals surface area contributed by atoms with Gasteiger partial charge in [-0.2, -0.15) is 0 Å². The largest absolute Gasteiger partial charge is 0.492 e. The number of piperidine rings is 1. The fraction of sp³-hybridized carbons (Fsp3) is 0.667. The van der Waals surface area contributed by atoms with E-state index in [0.717, 1.165) is 31.4 Å². The SMILES string of the molecule is CC1CCCN(CCOc2ccc(CNC(C)C)cc2)C1. The second-order valence-electron chi connectivity index (χ2n) is 6.58. The molecule has 0 aromatic heterocycles. The quantitative estimate of drug-likeness (QED) is 0.834. The molecule has 1 unspecified atom stereocenters. The maximum absolute atomic E-state index is 5.86. The molecule has 118 valence electrons. The van der Waals surface area contributed by atoms with Crippen molar-refractivity contribution in [3.63, 3.8) is 0 Å². The summed E-state index contributed by atoms with van der Waals surface area (Å²) in [5, 5.41) is 3.42. The second kappa shape index (κ2) is 8.40. The molecule has 1 fully saturated rings. The molecule has 0 amide bonds. The van der Waals surface area contributed by atoms with E-state index in [9.17, 15) is 0 Å². The highest BCUT2D eigenvalue weighted by atomic mass is 16.5. The smallest absolute Gasteiger partial charge is 0.119 e. The number of benzene rings is 1. The van der Waals surface area contributed by atoms with E-state index in [-0.39, 0.29) is 0 Å². The number of rotatable bonds is 7. The maximum atomic E-state index is 5.86. The Morgan fingerprint density at radius 1 is 1.29 bits per heavy atom. The van der Waals surface area contributed by atoms with Gasteiger partial charge in [-0.3, -0.25) is 4.90 Å². The monoisotopic (exact) mass is 290 g/mol. The third-order valence-electron chi connectivity index (χ3n) is 4.06. The number of likely N-dealkylation sites (tertiary alicyclic amines) is 1. The molecule has 1 heterocycles. The molecular formula is C18H30N2O. The molecule has 1 saturated heterocycles. The molecule has 1 atom stereocenters. The van der Waals surface area contributed by atoms with Crippen molar-refractivity contribution in [3.8, 4) is 5.75 Å². The van der Waals surface area contributed by atoms with E-state index in [1.54, 1.807) is 0 Å². The minimum atomic E-state index is 0.521. The Morgan fingerprint density at radius 3 is 2.71 bits per heavy atom. The van der Waals surface area contributed by atoms with Gasteiger partial charge in [-0.25, -0.2) is 0 Å². The van der Waals surface area contributed by atoms with Crippen LogP contribution in [0.3, 0.4) is 0 Å². The average Bonchev–Trinajstić information content (AvgIpc) is 2.46. The number of hydrogen-bond donors (Lipinski definition) is 1. The van der Waals surface area contributed by atoms with Crippen molar-refractivity contribution in [2.24, 2.45) is 5.92 Å². The number of hydrogen-bond acceptors (Lipinski definition) is 3. The van der Waals surface area contributed by atoms with E-state index in [1.807, 2.05) is 0 Å². The molecule has 0 spiro atoms. The number of nitrogens with zero attached hydrogens (tertiary/aromatic N) is 1. The summed E-state index contributed by atoms with van der Waals surface area (Å²) in [4.78, 5) is 2.52. The van der Waals surface area contributed by atoms with Crippen LogP contribution in [0.15, 0.2) is 24.3 Å². The highest BCUT2D eigenvalue weighted by molar-refractivity contribution is 5.27. The second-order valence-corrected chi connectivity index (χ2v) is 6.58. The van der Waals surface area contributed by atoms with Gasteiger partial charge in [0.2, 0.25) is 0 Å². The number of ether oxygens (including phenoxy) is 1. The lowest BCUT2D eigenvalue weighted by Gasteiger charge is -2.30. The van der Waals surface area contributed by atoms with Gasteiger partial charge in [-0.15, -0.1) is 0 Å². The molecule has 1 aromatic rings. The van der Waals surface area contributed by atoms with E-state index in [4.69, 9.17) is 4.74 Å². The molecule has 1 aliphatic rings. The van der Waals surface area contributed by atoms with Gasteiger partial charge in [0.1, 0.15) is 12.4 Å². The minimum absolute atomic E-state index is 0.521. The standard InChI is InChI=1S/C18H30N2O/c1-15(2)19-13-17-6-8-18(9-7-17)21-12-11-20-10-4-5-16(3)14-20/h6-9,15-16,19H,4-5,10-14H2,1-3H3. The molecule has 21 heavy (non-hydrogen) atoms. The Balaban J connectivity index is 1.68. The summed E-state index contributed by atoms with van der Waals surface area (Å²) in [6, 6.07) is 8.97. The van der Waals surface area contributed by atoms with E-state index in [2.05, 4.69) is 55.3 Å². The van der Waals surface area contributed by atoms with Crippen LogP contribution in [0.4, 0.5) is 0 Å². The lowest BCUT2D eigenvalue weighted by atomic mass is 10.0. The molecule has 2 rings (SSSR count). The zero-order valence-electron chi connectivity index (χ0n) is 13.8. The van der Waals surface area contributed by atoms with Crippen LogP contribution in [0.25, 0.3) is 0 Å². The summed E-state index contributed by atoms with van der Waals surface area (Å²) in [5.74, 6) is 1.82. The first kappa shape index (κ1) is 16.3. The van der Waals surface area contributed by atoms with Crippen LogP contribution in [0.5, 0.6) is 5.75 Å². The predicted octanol–water partition coefficient (Wildman–Crippen LogP) is 3.30. The van der Waals surface area contributed by atoms with Gasteiger partial charge < -0.3 is 10.1 Å². The van der Waals surface area contributed by atoms with Crippen LogP contribution in [-0.4, -0.2) is 37.2 Å². The minimum Gasteiger partial charge on any atom is -0.492 e. The van der Waals surface area contributed by atoms with E-state index in [1.165, 1.54) is 31.5 Å². The van der Waals surface area contributed by atoms with Crippen molar-refractivity contribution in [2.75, 3.05) is 26.2 Å². The molecule has 3 nitrogen and oxygen atoms in total. The van der Waals surface area contributed by atoms with Crippen molar-refractivity contribution < 1.29 is 4.74 Å². The van der Waals surface area contributed by atoms with Crippen LogP contribution in [0.2, 0.25) is 0 Å². The summed E-state index contributed by atoms with van der Waals surface area (Å²) >= 11 is 0. The average molecular weight is 290 g/mol. The first-order valence-corrected chi connectivity index (χ1v) is 8.31. The van der Waals surface area contributed by atoms with Crippen LogP contribution in [0, 0.1) is 5.92 Å². The van der Waals surface area contributed by atoms with Crippen molar-refractivity contribution in [1.29, 1.82) is 0 Å². The summed E-state index contributed by atoms with van der Waals surface area (Å²) in [7, 11) is 0. The van der Waals surface area contributed by atoms with Crippen molar-refractivity contribution in [1.82, 2.24) is 10.2 Å². The highest BCUT2D eigenvalue weighted by Gasteiger charge is 2.15. The number of nitrogens with one attached hydrogen (secondary N) is 1. The van der Waals surface area contributed by atoms with E-state index in [0.29, 0.717) is 6.04 Å². The lowest BCUT2D eigenvalue weighted by Crippen LogP contribution is -2.37. The van der Waals surface area contributed by atoms with Gasteiger partial charge in [0, 0.05) is 25.7 Å². The molecule has 3 heteroatoms. The van der Waals surface area contributed by atoms with Gasteiger partial charge in [0.25, 0.3) is 0 Å². The van der Waals surface area contributed by atoms with Crippen molar-refractivity contribution >= 4 is 0 Å². The van der Waals surface area contributed by atoms with E-state index >= 15 is 0 Å². The van der Waals surface area contributed by atoms with Gasteiger partial charge in [0.05, 0.1) is 0 Å². The third kappa shape index (κ3) is 6.06. The van der Waals surface area contributed by atoms with Crippen molar-refractivity contribution in [3.05, 3.63) is 29.8 Å². The fourth-order valence-electron chi connectivity index (χ4n) is 2.81. The van der Waals surface area contributed by atoms with Gasteiger partial charge in [-0.1, -0.05) is 32.9 Å². The highest BCUT2D eigenvalue weighted by Crippen LogP contribution is 2.16. The first-order chi connectivity index (χ1) is 10.1. The Morgan fingerprint density at radius 2 is 2.05 bits per heavy atom. The van der Waals surface area contributed by atoms with Crippen LogP contribution >= 0.6 is 0 Å². The Labute approximate surface area is 129 Å². The van der Waals surface area contributed by atoms with E-state index < -0.39 is 0 Å². The predicted molar refractivity (Wildman–Crippen MR) is 88.8 cm³/mol. The molecule has 0 bridgehead atoms. The summed E-state index contributed by atoms with van der Waals surface area (Å²) in [5.41, 5.74) is 1.31. The molecule has 1 aliphatic heterocycles. The van der Waals surface area contributed by atoms with Crippen molar-refractivity contribution in [2.45, 2.75) is 46.2 Å². The Bertz CT molecular complexity index is 402. The normalized spacial score (nSPS) is 19.9. The zero-order chi connectivity index (χ0) is 15.1. The summed E-state index contributed by atoms with van der Waals surface area (Å²) < 4.78 is 5.86.